The van der Waals surface area contributed by atoms with Crippen LogP contribution in [0.15, 0.2) is 48.8 Å². The van der Waals surface area contributed by atoms with Gasteiger partial charge in [0.05, 0.1) is 0 Å². The second kappa shape index (κ2) is 8.11. The van der Waals surface area contributed by atoms with Crippen LogP contribution in [0.1, 0.15) is 31.9 Å². The molecule has 0 aliphatic heterocycles. The highest BCUT2D eigenvalue weighted by Crippen LogP contribution is 2.12. The van der Waals surface area contributed by atoms with Crippen molar-refractivity contribution in [3.63, 3.8) is 0 Å². The second-order valence-electron chi connectivity index (χ2n) is 6.39. The molecule has 0 saturated heterocycles. The molecule has 1 aromatic heterocycles. The standard InChI is InChI=1S/C18H22N2O2.BrH/c1-14-10-16(19-17(21)22-18(2,3)4)13-20(11-14)12-15-8-6-5-7-9-15;/h5-11,13H,12H2,1-4H3;1H. The van der Waals surface area contributed by atoms with Crippen molar-refractivity contribution in [1.82, 2.24) is 0 Å². The van der Waals surface area contributed by atoms with Gasteiger partial charge < -0.3 is 21.7 Å². The summed E-state index contributed by atoms with van der Waals surface area (Å²) < 4.78 is 7.33. The van der Waals surface area contributed by atoms with Gasteiger partial charge in [-0.15, -0.1) is 0 Å². The average molecular weight is 379 g/mol. The van der Waals surface area contributed by atoms with E-state index in [0.29, 0.717) is 0 Å². The monoisotopic (exact) mass is 378 g/mol. The van der Waals surface area contributed by atoms with Crippen LogP contribution < -0.4 is 26.9 Å². The summed E-state index contributed by atoms with van der Waals surface area (Å²) in [6.07, 6.45) is 3.52. The van der Waals surface area contributed by atoms with Gasteiger partial charge in [0.1, 0.15) is 11.3 Å². The highest BCUT2D eigenvalue weighted by atomic mass is 79.9. The number of carbonyl (C=O) groups excluding carboxylic acids is 1. The number of carbonyl (C=O) groups is 1. The lowest BCUT2D eigenvalue weighted by Crippen LogP contribution is -3.00. The molecule has 0 saturated carbocycles. The third kappa shape index (κ3) is 6.82. The van der Waals surface area contributed by atoms with Crippen LogP contribution in [0, 0.1) is 6.92 Å². The van der Waals surface area contributed by atoms with Crippen molar-refractivity contribution < 1.29 is 31.1 Å². The minimum atomic E-state index is -0.506. The molecule has 0 fully saturated rings. The first-order valence-corrected chi connectivity index (χ1v) is 7.36. The molecule has 124 valence electrons. The lowest BCUT2D eigenvalue weighted by Gasteiger charge is -2.19. The van der Waals surface area contributed by atoms with E-state index in [4.69, 9.17) is 4.74 Å². The van der Waals surface area contributed by atoms with Crippen LogP contribution in [0.2, 0.25) is 0 Å². The fourth-order valence-electron chi connectivity index (χ4n) is 2.17. The Morgan fingerprint density at radius 3 is 2.43 bits per heavy atom. The number of ether oxygens (including phenoxy) is 1. The number of aromatic nitrogens is 1. The number of rotatable bonds is 3. The maximum Gasteiger partial charge on any atom is 0.412 e. The largest absolute Gasteiger partial charge is 1.00 e. The Labute approximate surface area is 148 Å². The van der Waals surface area contributed by atoms with Gasteiger partial charge >= 0.3 is 6.09 Å². The maximum atomic E-state index is 11.9. The van der Waals surface area contributed by atoms with Gasteiger partial charge in [-0.25, -0.2) is 4.79 Å². The third-order valence-electron chi connectivity index (χ3n) is 2.91. The van der Waals surface area contributed by atoms with E-state index in [9.17, 15) is 4.79 Å². The number of aryl methyl sites for hydroxylation is 1. The molecule has 0 radical (unpaired) electrons. The molecule has 0 aliphatic carbocycles. The summed E-state index contributed by atoms with van der Waals surface area (Å²) in [5.41, 5.74) is 2.50. The number of pyridine rings is 1. The van der Waals surface area contributed by atoms with Crippen LogP contribution in [-0.4, -0.2) is 11.7 Å². The van der Waals surface area contributed by atoms with Crippen molar-refractivity contribution in [2.24, 2.45) is 0 Å². The first kappa shape index (κ1) is 19.2. The van der Waals surface area contributed by atoms with E-state index in [-0.39, 0.29) is 17.0 Å². The minimum absolute atomic E-state index is 0. The van der Waals surface area contributed by atoms with Gasteiger partial charge in [0.15, 0.2) is 18.9 Å². The van der Waals surface area contributed by atoms with Gasteiger partial charge in [0.25, 0.3) is 0 Å². The van der Waals surface area contributed by atoms with Crippen molar-refractivity contribution in [2.75, 3.05) is 5.32 Å². The summed E-state index contributed by atoms with van der Waals surface area (Å²) in [7, 11) is 0. The molecule has 23 heavy (non-hydrogen) atoms. The fraction of sp³-hybridized carbons (Fsp3) is 0.333. The van der Waals surface area contributed by atoms with Gasteiger partial charge in [-0.2, -0.15) is 4.57 Å². The van der Waals surface area contributed by atoms with E-state index < -0.39 is 11.7 Å². The molecular formula is C18H23BrN2O2. The Morgan fingerprint density at radius 1 is 1.17 bits per heavy atom. The summed E-state index contributed by atoms with van der Waals surface area (Å²) in [5.74, 6) is 0. The Morgan fingerprint density at radius 2 is 1.83 bits per heavy atom. The third-order valence-corrected chi connectivity index (χ3v) is 2.91. The predicted molar refractivity (Wildman–Crippen MR) is 86.8 cm³/mol. The van der Waals surface area contributed by atoms with Crippen molar-refractivity contribution in [1.29, 1.82) is 0 Å². The molecule has 1 aromatic carbocycles. The molecule has 1 N–H and O–H groups in total. The van der Waals surface area contributed by atoms with Crippen molar-refractivity contribution in [3.8, 4) is 0 Å². The highest BCUT2D eigenvalue weighted by molar-refractivity contribution is 5.84. The number of hydrogen-bond acceptors (Lipinski definition) is 2. The van der Waals surface area contributed by atoms with Crippen molar-refractivity contribution in [2.45, 2.75) is 39.8 Å². The zero-order valence-corrected chi connectivity index (χ0v) is 15.6. The van der Waals surface area contributed by atoms with E-state index in [1.54, 1.807) is 0 Å². The van der Waals surface area contributed by atoms with Crippen molar-refractivity contribution >= 4 is 11.8 Å². The molecular weight excluding hydrogens is 356 g/mol. The molecule has 0 atom stereocenters. The van der Waals surface area contributed by atoms with Crippen LogP contribution in [-0.2, 0) is 11.3 Å². The normalized spacial score (nSPS) is 10.6. The Bertz CT molecular complexity index is 652. The molecule has 1 amide bonds. The summed E-state index contributed by atoms with van der Waals surface area (Å²) >= 11 is 0. The van der Waals surface area contributed by atoms with Crippen LogP contribution in [0.3, 0.4) is 0 Å². The molecule has 2 aromatic rings. The molecule has 0 spiro atoms. The maximum absolute atomic E-state index is 11.9. The average Bonchev–Trinajstić information content (AvgIpc) is 2.36. The molecule has 1 heterocycles. The lowest BCUT2D eigenvalue weighted by molar-refractivity contribution is -0.688. The summed E-state index contributed by atoms with van der Waals surface area (Å²) in [4.78, 5) is 11.9. The van der Waals surface area contributed by atoms with Crippen LogP contribution in [0.5, 0.6) is 0 Å². The van der Waals surface area contributed by atoms with E-state index in [0.717, 1.165) is 17.8 Å². The van der Waals surface area contributed by atoms with E-state index in [2.05, 4.69) is 22.0 Å². The number of benzene rings is 1. The van der Waals surface area contributed by atoms with Crippen LogP contribution >= 0.6 is 0 Å². The fourth-order valence-corrected chi connectivity index (χ4v) is 2.17. The second-order valence-corrected chi connectivity index (χ2v) is 6.39. The number of hydrogen-bond donors (Lipinski definition) is 1. The molecule has 2 rings (SSSR count). The van der Waals surface area contributed by atoms with E-state index in [1.807, 2.05) is 64.4 Å². The predicted octanol–water partition coefficient (Wildman–Crippen LogP) is 0.682. The first-order chi connectivity index (χ1) is 10.3. The van der Waals surface area contributed by atoms with Gasteiger partial charge in [0.2, 0.25) is 0 Å². The SMILES string of the molecule is Cc1cc(NC(=O)OC(C)(C)C)c[n+](Cc2ccccc2)c1.[Br-]. The smallest absolute Gasteiger partial charge is 0.412 e. The zero-order valence-electron chi connectivity index (χ0n) is 14.0. The molecule has 5 heteroatoms. The van der Waals surface area contributed by atoms with E-state index in [1.165, 1.54) is 5.56 Å². The number of nitrogens with one attached hydrogen (secondary N) is 1. The molecule has 4 nitrogen and oxygen atoms in total. The zero-order chi connectivity index (χ0) is 16.2. The first-order valence-electron chi connectivity index (χ1n) is 7.36. The van der Waals surface area contributed by atoms with Gasteiger partial charge in [-0.1, -0.05) is 30.3 Å². The topological polar surface area (TPSA) is 42.2 Å². The van der Waals surface area contributed by atoms with E-state index >= 15 is 0 Å². The summed E-state index contributed by atoms with van der Waals surface area (Å²) in [6.45, 7) is 8.29. The molecule has 0 aliphatic rings. The Hall–Kier alpha value is -1.88. The highest BCUT2D eigenvalue weighted by Gasteiger charge is 2.17. The van der Waals surface area contributed by atoms with Gasteiger partial charge in [-0.05, 0) is 33.8 Å². The van der Waals surface area contributed by atoms with Crippen molar-refractivity contribution in [3.05, 3.63) is 59.9 Å². The number of halogens is 1. The number of nitrogens with zero attached hydrogens (tertiary/aromatic N) is 1. The lowest BCUT2D eigenvalue weighted by atomic mass is 10.2. The number of amides is 1. The van der Waals surface area contributed by atoms with Crippen LogP contribution in [0.25, 0.3) is 0 Å². The molecule has 0 unspecified atom stereocenters. The van der Waals surface area contributed by atoms with Gasteiger partial charge in [0, 0.05) is 11.1 Å². The van der Waals surface area contributed by atoms with Gasteiger partial charge in [-0.3, -0.25) is 5.32 Å². The molecule has 0 bridgehead atoms. The minimum Gasteiger partial charge on any atom is -1.00 e. The Kier molecular flexibility index (Phi) is 6.76. The number of anilines is 1. The quantitative estimate of drug-likeness (QED) is 0.798. The Balaban J connectivity index is 0.00000264. The summed E-state index contributed by atoms with van der Waals surface area (Å²) in [6, 6.07) is 12.1. The van der Waals surface area contributed by atoms with Crippen LogP contribution in [0.4, 0.5) is 10.5 Å². The summed E-state index contributed by atoms with van der Waals surface area (Å²) in [5, 5.41) is 2.78.